The number of carbonyl (C=O) groups is 1. The van der Waals surface area contributed by atoms with Crippen molar-refractivity contribution in [2.45, 2.75) is 52.1 Å². The third-order valence-corrected chi connectivity index (χ3v) is 7.10. The van der Waals surface area contributed by atoms with E-state index in [-0.39, 0.29) is 5.41 Å². The zero-order chi connectivity index (χ0) is 27.6. The van der Waals surface area contributed by atoms with Gasteiger partial charge in [0.05, 0.1) is 24.8 Å². The Morgan fingerprint density at radius 2 is 1.39 bits per heavy atom. The van der Waals surface area contributed by atoms with Gasteiger partial charge in [-0.15, -0.1) is 0 Å². The minimum absolute atomic E-state index is 0.202. The van der Waals surface area contributed by atoms with E-state index in [4.69, 9.17) is 49.3 Å². The first kappa shape index (κ1) is 28.3. The van der Waals surface area contributed by atoms with E-state index in [0.29, 0.717) is 46.2 Å². The molecule has 2 atom stereocenters. The molecule has 0 radical (unpaired) electrons. The average molecular weight is 574 g/mol. The van der Waals surface area contributed by atoms with Gasteiger partial charge in [0, 0.05) is 15.6 Å². The molecule has 4 rings (SSSR count). The summed E-state index contributed by atoms with van der Waals surface area (Å²) in [4.78, 5) is 19.7. The number of ether oxygens (including phenoxy) is 2. The van der Waals surface area contributed by atoms with Crippen LogP contribution in [0.4, 0.5) is 4.79 Å². The molecule has 0 saturated carbocycles. The molecule has 1 heterocycles. The fraction of sp³-hybridized carbons (Fsp3) is 0.333. The van der Waals surface area contributed by atoms with Crippen LogP contribution in [0.25, 0.3) is 0 Å². The minimum atomic E-state index is -0.652. The summed E-state index contributed by atoms with van der Waals surface area (Å²) >= 11 is 18.7. The molecule has 200 valence electrons. The van der Waals surface area contributed by atoms with Crippen molar-refractivity contribution in [3.63, 3.8) is 0 Å². The minimum Gasteiger partial charge on any atom is -0.494 e. The number of carbonyl (C=O) groups excluding carboxylic acids is 1. The van der Waals surface area contributed by atoms with Crippen LogP contribution in [-0.2, 0) is 5.41 Å². The van der Waals surface area contributed by atoms with Gasteiger partial charge in [-0.2, -0.15) is 0 Å². The molecule has 1 aliphatic heterocycles. The molecule has 0 aromatic heterocycles. The van der Waals surface area contributed by atoms with Crippen LogP contribution in [0.2, 0.25) is 10.0 Å². The molecule has 5 nitrogen and oxygen atoms in total. The van der Waals surface area contributed by atoms with Crippen molar-refractivity contribution in [1.82, 2.24) is 4.90 Å². The van der Waals surface area contributed by atoms with Crippen molar-refractivity contribution in [1.29, 1.82) is 0 Å². The fourth-order valence-electron chi connectivity index (χ4n) is 4.71. The van der Waals surface area contributed by atoms with Crippen LogP contribution >= 0.6 is 34.8 Å². The standard InChI is InChI=1S/C30H31Cl3N2O3/c1-6-37-24-17-23(30(3,4)5)25(38-7-2)16-22(24)28-34-26(18-8-12-20(31)13-9-18)27(35(28)29(33)36)19-10-14-21(32)15-11-19/h8-17,26-27H,6-7H2,1-5H3/t26-,27-/m1/s1. The summed E-state index contributed by atoms with van der Waals surface area (Å²) in [6.45, 7) is 11.2. The first-order valence-electron chi connectivity index (χ1n) is 12.6. The van der Waals surface area contributed by atoms with Gasteiger partial charge in [-0.1, -0.05) is 68.2 Å². The van der Waals surface area contributed by atoms with Gasteiger partial charge >= 0.3 is 5.37 Å². The third-order valence-electron chi connectivity index (χ3n) is 6.41. The Kier molecular flexibility index (Phi) is 8.61. The van der Waals surface area contributed by atoms with Crippen LogP contribution in [0, 0.1) is 0 Å². The second kappa shape index (κ2) is 11.6. The highest BCUT2D eigenvalue weighted by Crippen LogP contribution is 2.47. The first-order valence-corrected chi connectivity index (χ1v) is 13.7. The summed E-state index contributed by atoms with van der Waals surface area (Å²) < 4.78 is 12.2. The van der Waals surface area contributed by atoms with Crippen LogP contribution in [0.3, 0.4) is 0 Å². The van der Waals surface area contributed by atoms with Crippen molar-refractivity contribution < 1.29 is 14.3 Å². The molecule has 0 N–H and O–H groups in total. The molecule has 1 aliphatic rings. The van der Waals surface area contributed by atoms with Crippen molar-refractivity contribution in [3.8, 4) is 11.5 Å². The van der Waals surface area contributed by atoms with Crippen LogP contribution in [0.1, 0.15) is 69.0 Å². The summed E-state index contributed by atoms with van der Waals surface area (Å²) in [6, 6.07) is 17.7. The van der Waals surface area contributed by atoms with Crippen molar-refractivity contribution in [2.24, 2.45) is 4.99 Å². The van der Waals surface area contributed by atoms with Gasteiger partial charge < -0.3 is 9.47 Å². The van der Waals surface area contributed by atoms with Crippen LogP contribution in [0.5, 0.6) is 11.5 Å². The number of hydrogen-bond donors (Lipinski definition) is 0. The Morgan fingerprint density at radius 3 is 1.89 bits per heavy atom. The number of nitrogens with zero attached hydrogens (tertiary/aromatic N) is 2. The topological polar surface area (TPSA) is 51.1 Å². The summed E-state index contributed by atoms with van der Waals surface area (Å²) in [6.07, 6.45) is 0. The Balaban J connectivity index is 1.97. The molecule has 1 amide bonds. The number of amides is 1. The molecule has 38 heavy (non-hydrogen) atoms. The lowest BCUT2D eigenvalue weighted by Crippen LogP contribution is -2.34. The molecule has 3 aromatic rings. The van der Waals surface area contributed by atoms with E-state index >= 15 is 0 Å². The molecule has 0 aliphatic carbocycles. The molecule has 0 bridgehead atoms. The van der Waals surface area contributed by atoms with Crippen LogP contribution < -0.4 is 9.47 Å². The Morgan fingerprint density at radius 1 is 0.868 bits per heavy atom. The molecule has 8 heteroatoms. The number of benzene rings is 3. The van der Waals surface area contributed by atoms with Gasteiger partial charge in [0.2, 0.25) is 0 Å². The van der Waals surface area contributed by atoms with E-state index in [9.17, 15) is 4.79 Å². The maximum Gasteiger partial charge on any atom is 0.322 e. The lowest BCUT2D eigenvalue weighted by atomic mass is 9.85. The predicted molar refractivity (Wildman–Crippen MR) is 155 cm³/mol. The van der Waals surface area contributed by atoms with Gasteiger partial charge in [-0.25, -0.2) is 0 Å². The zero-order valence-corrected chi connectivity index (χ0v) is 24.4. The second-order valence-electron chi connectivity index (χ2n) is 10.0. The molecule has 0 saturated heterocycles. The normalized spacial score (nSPS) is 17.4. The Hall–Kier alpha value is -2.73. The van der Waals surface area contributed by atoms with E-state index in [1.165, 1.54) is 4.90 Å². The highest BCUT2D eigenvalue weighted by Gasteiger charge is 2.43. The molecular formula is C30H31Cl3N2O3. The predicted octanol–water partition coefficient (Wildman–Crippen LogP) is 8.99. The quantitative estimate of drug-likeness (QED) is 0.209. The Bertz CT molecular complexity index is 1330. The maximum atomic E-state index is 13.1. The van der Waals surface area contributed by atoms with E-state index in [0.717, 1.165) is 16.7 Å². The number of halogens is 3. The average Bonchev–Trinajstić information content (AvgIpc) is 3.26. The number of aliphatic imine (C=N–C) groups is 1. The van der Waals surface area contributed by atoms with Gasteiger partial charge in [0.15, 0.2) is 0 Å². The van der Waals surface area contributed by atoms with Gasteiger partial charge in [-0.3, -0.25) is 14.7 Å². The number of amidine groups is 1. The van der Waals surface area contributed by atoms with E-state index in [1.54, 1.807) is 12.1 Å². The van der Waals surface area contributed by atoms with Gasteiger partial charge in [0.25, 0.3) is 0 Å². The Labute approximate surface area is 239 Å². The smallest absolute Gasteiger partial charge is 0.322 e. The lowest BCUT2D eigenvalue weighted by Gasteiger charge is -2.29. The van der Waals surface area contributed by atoms with Gasteiger partial charge in [0.1, 0.15) is 23.4 Å². The fourth-order valence-corrected chi connectivity index (χ4v) is 5.15. The second-order valence-corrected chi connectivity index (χ2v) is 11.2. The largest absolute Gasteiger partial charge is 0.494 e. The molecule has 0 unspecified atom stereocenters. The van der Waals surface area contributed by atoms with E-state index < -0.39 is 17.5 Å². The highest BCUT2D eigenvalue weighted by molar-refractivity contribution is 6.64. The first-order chi connectivity index (χ1) is 18.0. The van der Waals surface area contributed by atoms with Crippen molar-refractivity contribution in [2.75, 3.05) is 13.2 Å². The number of hydrogen-bond acceptors (Lipinski definition) is 4. The van der Waals surface area contributed by atoms with Crippen LogP contribution in [0.15, 0.2) is 65.7 Å². The molecule has 0 fully saturated rings. The lowest BCUT2D eigenvalue weighted by molar-refractivity contribution is 0.231. The summed E-state index contributed by atoms with van der Waals surface area (Å²) in [7, 11) is 0. The SMILES string of the molecule is CCOc1cc(C(C)(C)C)c(OCC)cc1C1=N[C@H](c2ccc(Cl)cc2)[C@@H](c2ccc(Cl)cc2)N1C(=O)Cl. The highest BCUT2D eigenvalue weighted by atomic mass is 35.5. The zero-order valence-electron chi connectivity index (χ0n) is 22.1. The van der Waals surface area contributed by atoms with Crippen molar-refractivity contribution >= 4 is 46.0 Å². The molecular weight excluding hydrogens is 543 g/mol. The van der Waals surface area contributed by atoms with E-state index in [1.807, 2.05) is 62.4 Å². The van der Waals surface area contributed by atoms with Gasteiger partial charge in [-0.05, 0) is 78.4 Å². The molecule has 0 spiro atoms. The summed E-state index contributed by atoms with van der Waals surface area (Å²) in [5.41, 5.74) is 3.16. The maximum absolute atomic E-state index is 13.1. The third kappa shape index (κ3) is 5.80. The van der Waals surface area contributed by atoms with Crippen molar-refractivity contribution in [3.05, 3.63) is 93.0 Å². The monoisotopic (exact) mass is 572 g/mol. The number of rotatable bonds is 7. The summed E-state index contributed by atoms with van der Waals surface area (Å²) in [5.74, 6) is 1.73. The molecule has 3 aromatic carbocycles. The van der Waals surface area contributed by atoms with Crippen LogP contribution in [-0.4, -0.2) is 29.3 Å². The summed E-state index contributed by atoms with van der Waals surface area (Å²) in [5, 5.41) is 0.555. The van der Waals surface area contributed by atoms with E-state index in [2.05, 4.69) is 20.8 Å².